The van der Waals surface area contributed by atoms with Crippen molar-refractivity contribution in [2.45, 2.75) is 17.2 Å². The number of nitrogens with zero attached hydrogens (tertiary/aromatic N) is 2. The highest BCUT2D eigenvalue weighted by molar-refractivity contribution is 7.90. The minimum atomic E-state index is -3.56. The van der Waals surface area contributed by atoms with Crippen LogP contribution in [0.2, 0.25) is 5.02 Å². The third kappa shape index (κ3) is 3.74. The molecule has 0 radical (unpaired) electrons. The van der Waals surface area contributed by atoms with Gasteiger partial charge in [-0.3, -0.25) is 0 Å². The normalized spacial score (nSPS) is 11.8. The molecule has 4 aromatic rings. The number of halogens is 1. The van der Waals surface area contributed by atoms with E-state index in [9.17, 15) is 8.42 Å². The van der Waals surface area contributed by atoms with Gasteiger partial charge in [0.1, 0.15) is 11.6 Å². The van der Waals surface area contributed by atoms with Crippen LogP contribution in [0.3, 0.4) is 0 Å². The molecule has 5 nitrogen and oxygen atoms in total. The number of nitrogen functional groups attached to an aromatic ring is 1. The van der Waals surface area contributed by atoms with Gasteiger partial charge < -0.3 is 10.3 Å². The van der Waals surface area contributed by atoms with Crippen LogP contribution in [0, 0.1) is 0 Å². The number of fused-ring (bicyclic) bond motifs is 1. The zero-order valence-corrected chi connectivity index (χ0v) is 16.5. The summed E-state index contributed by atoms with van der Waals surface area (Å²) >= 11 is 5.98. The van der Waals surface area contributed by atoms with E-state index in [0.29, 0.717) is 23.1 Å². The Morgan fingerprint density at radius 3 is 2.32 bits per heavy atom. The minimum Gasteiger partial charge on any atom is -0.399 e. The van der Waals surface area contributed by atoms with Crippen LogP contribution in [0.5, 0.6) is 0 Å². The average molecular weight is 412 g/mol. The maximum Gasteiger partial charge on any atom is 0.185 e. The van der Waals surface area contributed by atoms with E-state index in [4.69, 9.17) is 17.3 Å². The number of benzene rings is 3. The Labute approximate surface area is 168 Å². The lowest BCUT2D eigenvalue weighted by atomic mass is 10.2. The van der Waals surface area contributed by atoms with Crippen molar-refractivity contribution in [2.75, 3.05) is 5.73 Å². The molecule has 0 saturated heterocycles. The number of nitrogens with two attached hydrogens (primary N) is 1. The summed E-state index contributed by atoms with van der Waals surface area (Å²) in [5.74, 6) is 0.298. The first kappa shape index (κ1) is 18.5. The van der Waals surface area contributed by atoms with Gasteiger partial charge in [0.2, 0.25) is 0 Å². The third-order valence-electron chi connectivity index (χ3n) is 4.55. The standard InChI is InChI=1S/C21H18ClN3O2S/c22-16-7-5-15(6-8-16)13-25-20-4-2-1-3-19(20)24-21(25)14-28(26,27)18-11-9-17(23)10-12-18/h1-12H,13-14,23H2. The van der Waals surface area contributed by atoms with Crippen LogP contribution in [0.1, 0.15) is 11.4 Å². The second kappa shape index (κ2) is 7.30. The van der Waals surface area contributed by atoms with E-state index in [-0.39, 0.29) is 10.6 Å². The molecular formula is C21H18ClN3O2S. The number of hydrogen-bond donors (Lipinski definition) is 1. The smallest absolute Gasteiger partial charge is 0.185 e. The van der Waals surface area contributed by atoms with E-state index in [1.54, 1.807) is 12.1 Å². The molecule has 0 fully saturated rings. The molecule has 0 saturated carbocycles. The number of imidazole rings is 1. The third-order valence-corrected chi connectivity index (χ3v) is 6.43. The zero-order chi connectivity index (χ0) is 19.7. The molecule has 1 aromatic heterocycles. The van der Waals surface area contributed by atoms with Crippen molar-refractivity contribution in [1.82, 2.24) is 9.55 Å². The van der Waals surface area contributed by atoms with E-state index in [0.717, 1.165) is 16.6 Å². The Hall–Kier alpha value is -2.83. The highest BCUT2D eigenvalue weighted by atomic mass is 35.5. The molecule has 4 rings (SSSR count). The number of rotatable bonds is 5. The van der Waals surface area contributed by atoms with Crippen LogP contribution in [-0.4, -0.2) is 18.0 Å². The summed E-state index contributed by atoms with van der Waals surface area (Å²) < 4.78 is 27.8. The first-order valence-electron chi connectivity index (χ1n) is 8.69. The summed E-state index contributed by atoms with van der Waals surface area (Å²) in [5.41, 5.74) is 8.86. The molecule has 2 N–H and O–H groups in total. The molecule has 0 spiro atoms. The molecule has 0 atom stereocenters. The SMILES string of the molecule is Nc1ccc(S(=O)(=O)Cc2nc3ccccc3n2Cc2ccc(Cl)cc2)cc1. The van der Waals surface area contributed by atoms with Gasteiger partial charge in [0.15, 0.2) is 9.84 Å². The molecular weight excluding hydrogens is 394 g/mol. The fourth-order valence-electron chi connectivity index (χ4n) is 3.11. The fraction of sp³-hybridized carbons (Fsp3) is 0.0952. The van der Waals surface area contributed by atoms with Crippen molar-refractivity contribution >= 4 is 38.2 Å². The van der Waals surface area contributed by atoms with Gasteiger partial charge in [0.05, 0.1) is 15.9 Å². The lowest BCUT2D eigenvalue weighted by molar-refractivity contribution is 0.592. The molecule has 28 heavy (non-hydrogen) atoms. The van der Waals surface area contributed by atoms with Crippen molar-refractivity contribution in [3.05, 3.63) is 89.2 Å². The molecule has 1 heterocycles. The molecule has 0 amide bonds. The quantitative estimate of drug-likeness (QED) is 0.497. The summed E-state index contributed by atoms with van der Waals surface area (Å²) in [6.45, 7) is 0.504. The Balaban J connectivity index is 1.76. The van der Waals surface area contributed by atoms with Gasteiger partial charge >= 0.3 is 0 Å². The predicted octanol–water partition coefficient (Wildman–Crippen LogP) is 4.29. The number of anilines is 1. The Kier molecular flexibility index (Phi) is 4.83. The van der Waals surface area contributed by atoms with Crippen molar-refractivity contribution < 1.29 is 8.42 Å². The number of sulfone groups is 1. The van der Waals surface area contributed by atoms with Crippen LogP contribution in [0.25, 0.3) is 11.0 Å². The first-order valence-corrected chi connectivity index (χ1v) is 10.7. The van der Waals surface area contributed by atoms with Crippen LogP contribution in [0.15, 0.2) is 77.7 Å². The van der Waals surface area contributed by atoms with Crippen LogP contribution in [0.4, 0.5) is 5.69 Å². The predicted molar refractivity (Wildman–Crippen MR) is 112 cm³/mol. The van der Waals surface area contributed by atoms with E-state index in [2.05, 4.69) is 4.98 Å². The number of para-hydroxylation sites is 2. The summed E-state index contributed by atoms with van der Waals surface area (Å²) in [5, 5.41) is 0.658. The Morgan fingerprint density at radius 2 is 1.61 bits per heavy atom. The molecule has 0 unspecified atom stereocenters. The van der Waals surface area contributed by atoms with E-state index < -0.39 is 9.84 Å². The maximum atomic E-state index is 12.9. The topological polar surface area (TPSA) is 78.0 Å². The van der Waals surface area contributed by atoms with Crippen molar-refractivity contribution in [1.29, 1.82) is 0 Å². The molecule has 0 bridgehead atoms. The van der Waals surface area contributed by atoms with Gasteiger partial charge in [-0.15, -0.1) is 0 Å². The van der Waals surface area contributed by atoms with Gasteiger partial charge in [0.25, 0.3) is 0 Å². The Morgan fingerprint density at radius 1 is 0.929 bits per heavy atom. The molecule has 0 aliphatic heterocycles. The zero-order valence-electron chi connectivity index (χ0n) is 14.9. The maximum absolute atomic E-state index is 12.9. The summed E-state index contributed by atoms with van der Waals surface area (Å²) in [6.07, 6.45) is 0. The highest BCUT2D eigenvalue weighted by Crippen LogP contribution is 2.23. The largest absolute Gasteiger partial charge is 0.399 e. The first-order chi connectivity index (χ1) is 13.4. The highest BCUT2D eigenvalue weighted by Gasteiger charge is 2.21. The van der Waals surface area contributed by atoms with Crippen LogP contribution in [-0.2, 0) is 22.1 Å². The van der Waals surface area contributed by atoms with Crippen molar-refractivity contribution in [3.8, 4) is 0 Å². The fourth-order valence-corrected chi connectivity index (χ4v) is 4.52. The van der Waals surface area contributed by atoms with Crippen molar-refractivity contribution in [2.24, 2.45) is 0 Å². The number of hydrogen-bond acceptors (Lipinski definition) is 4. The molecule has 3 aromatic carbocycles. The molecule has 142 valence electrons. The lowest BCUT2D eigenvalue weighted by Gasteiger charge is -2.10. The van der Waals surface area contributed by atoms with Gasteiger partial charge in [-0.1, -0.05) is 35.9 Å². The summed E-state index contributed by atoms with van der Waals surface area (Å²) in [7, 11) is -3.56. The average Bonchev–Trinajstić information content (AvgIpc) is 3.00. The van der Waals surface area contributed by atoms with E-state index in [1.165, 1.54) is 12.1 Å². The van der Waals surface area contributed by atoms with E-state index in [1.807, 2.05) is 53.1 Å². The summed E-state index contributed by atoms with van der Waals surface area (Å²) in [4.78, 5) is 4.82. The van der Waals surface area contributed by atoms with Gasteiger partial charge in [-0.25, -0.2) is 13.4 Å². The van der Waals surface area contributed by atoms with Gasteiger partial charge in [-0.2, -0.15) is 0 Å². The molecule has 0 aliphatic carbocycles. The van der Waals surface area contributed by atoms with Crippen molar-refractivity contribution in [3.63, 3.8) is 0 Å². The van der Waals surface area contributed by atoms with Crippen LogP contribution < -0.4 is 5.73 Å². The molecule has 7 heteroatoms. The second-order valence-corrected chi connectivity index (χ2v) is 8.98. The lowest BCUT2D eigenvalue weighted by Crippen LogP contribution is -2.12. The van der Waals surface area contributed by atoms with Gasteiger partial charge in [-0.05, 0) is 54.1 Å². The summed E-state index contributed by atoms with van der Waals surface area (Å²) in [6, 6.07) is 21.3. The van der Waals surface area contributed by atoms with E-state index >= 15 is 0 Å². The minimum absolute atomic E-state index is 0.195. The Bertz CT molecular complexity index is 1230. The molecule has 0 aliphatic rings. The van der Waals surface area contributed by atoms with Gasteiger partial charge in [0, 0.05) is 17.3 Å². The van der Waals surface area contributed by atoms with Crippen LogP contribution >= 0.6 is 11.6 Å². The second-order valence-electron chi connectivity index (χ2n) is 6.56. The monoisotopic (exact) mass is 411 g/mol. The number of aromatic nitrogens is 2.